The summed E-state index contributed by atoms with van der Waals surface area (Å²) in [4.78, 5) is 0.0497. The van der Waals surface area contributed by atoms with E-state index < -0.39 is 21.4 Å². The molecule has 0 saturated carbocycles. The average Bonchev–Trinajstić information content (AvgIpc) is 2.95. The highest BCUT2D eigenvalue weighted by atomic mass is 32.2. The fourth-order valence-electron chi connectivity index (χ4n) is 2.88. The van der Waals surface area contributed by atoms with Crippen molar-refractivity contribution in [2.45, 2.75) is 23.8 Å². The third-order valence-corrected chi connectivity index (χ3v) is 6.13. The molecule has 6 heteroatoms. The lowest BCUT2D eigenvalue weighted by Gasteiger charge is -2.24. The molecule has 1 unspecified atom stereocenters. The van der Waals surface area contributed by atoms with Crippen LogP contribution in [0.5, 0.6) is 0 Å². The van der Waals surface area contributed by atoms with Crippen LogP contribution in [0.2, 0.25) is 0 Å². The van der Waals surface area contributed by atoms with Crippen LogP contribution in [0, 0.1) is 12.7 Å². The van der Waals surface area contributed by atoms with Crippen LogP contribution in [-0.4, -0.2) is 30.9 Å². The molecule has 2 aromatic rings. The summed E-state index contributed by atoms with van der Waals surface area (Å²) in [5, 5.41) is 10.8. The molecule has 1 N–H and O–H groups in total. The lowest BCUT2D eigenvalue weighted by atomic mass is 9.93. The second-order valence-electron chi connectivity index (χ2n) is 5.90. The van der Waals surface area contributed by atoms with Crippen molar-refractivity contribution in [1.82, 2.24) is 4.31 Å². The Balaban J connectivity index is 1.90. The van der Waals surface area contributed by atoms with Gasteiger partial charge in [-0.1, -0.05) is 30.3 Å². The Bertz CT molecular complexity index is 823. The Kier molecular flexibility index (Phi) is 4.00. The van der Waals surface area contributed by atoms with E-state index in [4.69, 9.17) is 0 Å². The van der Waals surface area contributed by atoms with Crippen LogP contribution < -0.4 is 0 Å². The van der Waals surface area contributed by atoms with E-state index in [-0.39, 0.29) is 23.5 Å². The molecule has 1 fully saturated rings. The normalized spacial score (nSPS) is 22.4. The summed E-state index contributed by atoms with van der Waals surface area (Å²) in [6.45, 7) is 1.75. The first kappa shape index (κ1) is 16.1. The van der Waals surface area contributed by atoms with E-state index in [1.54, 1.807) is 12.1 Å². The van der Waals surface area contributed by atoms with Gasteiger partial charge in [0.2, 0.25) is 10.0 Å². The Hall–Kier alpha value is -1.76. The minimum atomic E-state index is -3.75. The first-order chi connectivity index (χ1) is 10.8. The largest absolute Gasteiger partial charge is 0.384 e. The van der Waals surface area contributed by atoms with Gasteiger partial charge in [-0.15, -0.1) is 0 Å². The fraction of sp³-hybridized carbons (Fsp3) is 0.294. The van der Waals surface area contributed by atoms with E-state index in [0.717, 1.165) is 6.07 Å². The molecule has 2 aromatic carbocycles. The molecule has 4 nitrogen and oxygen atoms in total. The number of aliphatic hydroxyl groups is 1. The molecule has 0 bridgehead atoms. The summed E-state index contributed by atoms with van der Waals surface area (Å²) in [6, 6.07) is 12.8. The monoisotopic (exact) mass is 335 g/mol. The van der Waals surface area contributed by atoms with Gasteiger partial charge < -0.3 is 5.11 Å². The van der Waals surface area contributed by atoms with E-state index >= 15 is 0 Å². The topological polar surface area (TPSA) is 57.6 Å². The lowest BCUT2D eigenvalue weighted by Crippen LogP contribution is -2.34. The Morgan fingerprint density at radius 2 is 1.87 bits per heavy atom. The summed E-state index contributed by atoms with van der Waals surface area (Å²) in [5.41, 5.74) is -0.208. The predicted octanol–water partition coefficient (Wildman–Crippen LogP) is 2.42. The predicted molar refractivity (Wildman–Crippen MR) is 84.9 cm³/mol. The molecule has 23 heavy (non-hydrogen) atoms. The molecule has 1 saturated heterocycles. The third kappa shape index (κ3) is 2.89. The molecule has 0 amide bonds. The van der Waals surface area contributed by atoms with Crippen molar-refractivity contribution in [2.75, 3.05) is 13.1 Å². The van der Waals surface area contributed by atoms with E-state index in [1.165, 1.54) is 23.4 Å². The van der Waals surface area contributed by atoms with Gasteiger partial charge in [0.1, 0.15) is 11.4 Å². The molecule has 1 aliphatic heterocycles. The van der Waals surface area contributed by atoms with E-state index in [9.17, 15) is 17.9 Å². The van der Waals surface area contributed by atoms with Gasteiger partial charge >= 0.3 is 0 Å². The average molecular weight is 335 g/mol. The molecule has 0 spiro atoms. The van der Waals surface area contributed by atoms with Gasteiger partial charge in [-0.2, -0.15) is 4.31 Å². The van der Waals surface area contributed by atoms with Crippen LogP contribution >= 0.6 is 0 Å². The van der Waals surface area contributed by atoms with Crippen molar-refractivity contribution in [3.63, 3.8) is 0 Å². The van der Waals surface area contributed by atoms with Crippen molar-refractivity contribution in [3.05, 3.63) is 65.5 Å². The van der Waals surface area contributed by atoms with Gasteiger partial charge in [0.15, 0.2) is 0 Å². The van der Waals surface area contributed by atoms with E-state index in [2.05, 4.69) is 0 Å². The minimum Gasteiger partial charge on any atom is -0.384 e. The van der Waals surface area contributed by atoms with Crippen LogP contribution in [0.3, 0.4) is 0 Å². The quantitative estimate of drug-likeness (QED) is 0.937. The van der Waals surface area contributed by atoms with Crippen molar-refractivity contribution < 1.29 is 17.9 Å². The van der Waals surface area contributed by atoms with E-state index in [0.29, 0.717) is 12.0 Å². The highest BCUT2D eigenvalue weighted by Gasteiger charge is 2.42. The van der Waals surface area contributed by atoms with Crippen LogP contribution in [0.15, 0.2) is 53.4 Å². The number of halogens is 1. The Labute approximate surface area is 135 Å². The maximum absolute atomic E-state index is 13.4. The van der Waals surface area contributed by atoms with Crippen molar-refractivity contribution in [1.29, 1.82) is 0 Å². The highest BCUT2D eigenvalue weighted by Crippen LogP contribution is 2.34. The first-order valence-corrected chi connectivity index (χ1v) is 8.81. The number of β-amino-alcohol motifs (C(OH)–C–C–N with tert-alkyl or cyclic N) is 1. The first-order valence-electron chi connectivity index (χ1n) is 7.37. The molecule has 0 radical (unpaired) electrons. The number of sulfonamides is 1. The van der Waals surface area contributed by atoms with Crippen molar-refractivity contribution in [3.8, 4) is 0 Å². The van der Waals surface area contributed by atoms with Crippen molar-refractivity contribution in [2.24, 2.45) is 0 Å². The Morgan fingerprint density at radius 3 is 2.52 bits per heavy atom. The zero-order chi connectivity index (χ0) is 16.7. The number of benzene rings is 2. The Morgan fingerprint density at radius 1 is 1.17 bits per heavy atom. The molecular formula is C17H18FNO3S. The van der Waals surface area contributed by atoms with Crippen LogP contribution in [0.1, 0.15) is 17.5 Å². The van der Waals surface area contributed by atoms with Gasteiger partial charge in [0.25, 0.3) is 0 Å². The maximum Gasteiger partial charge on any atom is 0.243 e. The smallest absolute Gasteiger partial charge is 0.243 e. The van der Waals surface area contributed by atoms with Gasteiger partial charge in [0.05, 0.1) is 4.90 Å². The highest BCUT2D eigenvalue weighted by molar-refractivity contribution is 7.89. The SMILES string of the molecule is Cc1cc(S(=O)(=O)N2CCC(O)(c3ccccc3)C2)ccc1F. The van der Waals surface area contributed by atoms with Gasteiger partial charge in [-0.25, -0.2) is 12.8 Å². The molecule has 122 valence electrons. The van der Waals surface area contributed by atoms with Crippen LogP contribution in [0.4, 0.5) is 4.39 Å². The third-order valence-electron chi connectivity index (χ3n) is 4.29. The summed E-state index contributed by atoms with van der Waals surface area (Å²) in [6.07, 6.45) is 0.330. The zero-order valence-electron chi connectivity index (χ0n) is 12.7. The molecule has 1 heterocycles. The summed E-state index contributed by atoms with van der Waals surface area (Å²) in [7, 11) is -3.75. The second kappa shape index (κ2) is 5.70. The summed E-state index contributed by atoms with van der Waals surface area (Å²) < 4.78 is 40.0. The zero-order valence-corrected chi connectivity index (χ0v) is 13.6. The molecule has 1 atom stereocenters. The van der Waals surface area contributed by atoms with Crippen molar-refractivity contribution >= 4 is 10.0 Å². The van der Waals surface area contributed by atoms with E-state index in [1.807, 2.05) is 18.2 Å². The lowest BCUT2D eigenvalue weighted by molar-refractivity contribution is 0.0531. The summed E-state index contributed by atoms with van der Waals surface area (Å²) >= 11 is 0. The van der Waals surface area contributed by atoms with Crippen LogP contribution in [-0.2, 0) is 15.6 Å². The number of rotatable bonds is 3. The second-order valence-corrected chi connectivity index (χ2v) is 7.84. The number of hydrogen-bond acceptors (Lipinski definition) is 3. The fourth-order valence-corrected chi connectivity index (χ4v) is 4.45. The van der Waals surface area contributed by atoms with Gasteiger partial charge in [-0.05, 0) is 42.7 Å². The number of hydrogen-bond donors (Lipinski definition) is 1. The number of nitrogens with zero attached hydrogens (tertiary/aromatic N) is 1. The number of aryl methyl sites for hydroxylation is 1. The maximum atomic E-state index is 13.4. The molecule has 3 rings (SSSR count). The molecule has 1 aliphatic rings. The molecule has 0 aliphatic carbocycles. The van der Waals surface area contributed by atoms with Crippen LogP contribution in [0.25, 0.3) is 0 Å². The summed E-state index contributed by atoms with van der Waals surface area (Å²) in [5.74, 6) is -0.439. The molecular weight excluding hydrogens is 317 g/mol. The van der Waals surface area contributed by atoms with Gasteiger partial charge in [0, 0.05) is 13.1 Å². The minimum absolute atomic E-state index is 0.00420. The van der Waals surface area contributed by atoms with Gasteiger partial charge in [-0.3, -0.25) is 0 Å². The molecule has 0 aromatic heterocycles. The standard InChI is InChI=1S/C17H18FNO3S/c1-13-11-15(7-8-16(13)18)23(21,22)19-10-9-17(20,12-19)14-5-3-2-4-6-14/h2-8,11,20H,9-10,12H2,1H3.